The SMILES string of the molecule is CC(C)c1ccc(/C=N/NC(=O)CNc2ccc(Cl)c(Cl)c2)cc1. The lowest BCUT2D eigenvalue weighted by Crippen LogP contribution is -2.25. The summed E-state index contributed by atoms with van der Waals surface area (Å²) in [5.74, 6) is 0.235. The van der Waals surface area contributed by atoms with Crippen molar-refractivity contribution in [2.45, 2.75) is 19.8 Å². The van der Waals surface area contributed by atoms with Crippen LogP contribution in [-0.2, 0) is 4.79 Å². The third kappa shape index (κ3) is 5.55. The normalized spacial score (nSPS) is 11.0. The predicted octanol–water partition coefficient (Wildman–Crippen LogP) is 4.68. The first-order valence-corrected chi connectivity index (χ1v) is 8.32. The molecule has 0 saturated heterocycles. The lowest BCUT2D eigenvalue weighted by Gasteiger charge is -2.06. The Balaban J connectivity index is 1.80. The van der Waals surface area contributed by atoms with Crippen LogP contribution in [0.4, 0.5) is 5.69 Å². The van der Waals surface area contributed by atoms with E-state index in [0.717, 1.165) is 5.56 Å². The highest BCUT2D eigenvalue weighted by molar-refractivity contribution is 6.42. The Morgan fingerprint density at radius 1 is 1.12 bits per heavy atom. The number of hydrogen-bond donors (Lipinski definition) is 2. The largest absolute Gasteiger partial charge is 0.376 e. The van der Waals surface area contributed by atoms with E-state index >= 15 is 0 Å². The van der Waals surface area contributed by atoms with E-state index in [1.54, 1.807) is 24.4 Å². The van der Waals surface area contributed by atoms with Gasteiger partial charge in [0, 0.05) is 5.69 Å². The zero-order valence-corrected chi connectivity index (χ0v) is 15.0. The molecule has 0 aliphatic rings. The maximum Gasteiger partial charge on any atom is 0.259 e. The highest BCUT2D eigenvalue weighted by atomic mass is 35.5. The molecule has 0 fully saturated rings. The van der Waals surface area contributed by atoms with Crippen molar-refractivity contribution in [1.29, 1.82) is 0 Å². The van der Waals surface area contributed by atoms with Gasteiger partial charge >= 0.3 is 0 Å². The van der Waals surface area contributed by atoms with Gasteiger partial charge in [-0.1, -0.05) is 61.3 Å². The maximum absolute atomic E-state index is 11.8. The van der Waals surface area contributed by atoms with Gasteiger partial charge in [-0.05, 0) is 35.2 Å². The molecule has 24 heavy (non-hydrogen) atoms. The first-order valence-electron chi connectivity index (χ1n) is 7.56. The van der Waals surface area contributed by atoms with Crippen LogP contribution in [0.3, 0.4) is 0 Å². The number of amides is 1. The molecule has 4 nitrogen and oxygen atoms in total. The summed E-state index contributed by atoms with van der Waals surface area (Å²) in [6.07, 6.45) is 1.61. The fourth-order valence-corrected chi connectivity index (χ4v) is 2.27. The summed E-state index contributed by atoms with van der Waals surface area (Å²) < 4.78 is 0. The Morgan fingerprint density at radius 2 is 1.83 bits per heavy atom. The van der Waals surface area contributed by atoms with Gasteiger partial charge < -0.3 is 5.32 Å². The number of benzene rings is 2. The molecule has 0 heterocycles. The van der Waals surface area contributed by atoms with E-state index in [4.69, 9.17) is 23.2 Å². The zero-order valence-electron chi connectivity index (χ0n) is 13.5. The molecule has 0 saturated carbocycles. The lowest BCUT2D eigenvalue weighted by molar-refractivity contribution is -0.119. The molecule has 0 aromatic heterocycles. The van der Waals surface area contributed by atoms with Crippen molar-refractivity contribution in [3.63, 3.8) is 0 Å². The second-order valence-corrected chi connectivity index (χ2v) is 6.41. The fourth-order valence-electron chi connectivity index (χ4n) is 1.97. The molecule has 2 aromatic carbocycles. The van der Waals surface area contributed by atoms with E-state index < -0.39 is 0 Å². The second kappa shape index (κ2) is 8.71. The molecule has 0 bridgehead atoms. The summed E-state index contributed by atoms with van der Waals surface area (Å²) in [4.78, 5) is 11.8. The molecule has 0 radical (unpaired) electrons. The third-order valence-corrected chi connectivity index (χ3v) is 4.12. The minimum atomic E-state index is -0.254. The standard InChI is InChI=1S/C18H19Cl2N3O/c1-12(2)14-5-3-13(4-6-14)10-22-23-18(24)11-21-15-7-8-16(19)17(20)9-15/h3-10,12,21H,11H2,1-2H3,(H,23,24)/b22-10+. The summed E-state index contributed by atoms with van der Waals surface area (Å²) in [5, 5.41) is 7.81. The summed E-state index contributed by atoms with van der Waals surface area (Å²) in [7, 11) is 0. The van der Waals surface area contributed by atoms with Gasteiger partial charge in [0.2, 0.25) is 0 Å². The molecule has 0 aliphatic heterocycles. The first kappa shape index (κ1) is 18.3. The minimum absolute atomic E-state index is 0.0849. The number of nitrogens with zero attached hydrogens (tertiary/aromatic N) is 1. The molecule has 1 amide bonds. The molecule has 2 rings (SSSR count). The molecule has 0 atom stereocenters. The number of anilines is 1. The Bertz CT molecular complexity index is 728. The van der Waals surface area contributed by atoms with Crippen molar-refractivity contribution in [2.75, 3.05) is 11.9 Å². The Hall–Kier alpha value is -2.04. The van der Waals surface area contributed by atoms with Crippen LogP contribution in [0.5, 0.6) is 0 Å². The second-order valence-electron chi connectivity index (χ2n) is 5.60. The van der Waals surface area contributed by atoms with Crippen LogP contribution in [0.2, 0.25) is 10.0 Å². The van der Waals surface area contributed by atoms with Crippen molar-refractivity contribution in [3.05, 3.63) is 63.6 Å². The number of halogens is 2. The van der Waals surface area contributed by atoms with E-state index in [-0.39, 0.29) is 12.5 Å². The number of nitrogens with one attached hydrogen (secondary N) is 2. The monoisotopic (exact) mass is 363 g/mol. The van der Waals surface area contributed by atoms with E-state index in [1.165, 1.54) is 5.56 Å². The van der Waals surface area contributed by atoms with Crippen molar-refractivity contribution in [2.24, 2.45) is 5.10 Å². The van der Waals surface area contributed by atoms with Crippen LogP contribution in [0, 0.1) is 0 Å². The summed E-state index contributed by atoms with van der Waals surface area (Å²) >= 11 is 11.8. The predicted molar refractivity (Wildman–Crippen MR) is 101 cm³/mol. The minimum Gasteiger partial charge on any atom is -0.376 e. The Labute approximate surface area is 151 Å². The third-order valence-electron chi connectivity index (χ3n) is 3.38. The van der Waals surface area contributed by atoms with E-state index in [9.17, 15) is 4.79 Å². The fraction of sp³-hybridized carbons (Fsp3) is 0.222. The topological polar surface area (TPSA) is 53.5 Å². The lowest BCUT2D eigenvalue weighted by atomic mass is 10.0. The number of rotatable bonds is 6. The van der Waals surface area contributed by atoms with Gasteiger partial charge in [0.05, 0.1) is 22.8 Å². The molecule has 2 N–H and O–H groups in total. The zero-order chi connectivity index (χ0) is 17.5. The van der Waals surface area contributed by atoms with Crippen molar-refractivity contribution < 1.29 is 4.79 Å². The van der Waals surface area contributed by atoms with Gasteiger partial charge in [-0.2, -0.15) is 5.10 Å². The molecule has 0 unspecified atom stereocenters. The molecule has 6 heteroatoms. The van der Waals surface area contributed by atoms with Crippen LogP contribution >= 0.6 is 23.2 Å². The number of carbonyl (C=O) groups excluding carboxylic acids is 1. The van der Waals surface area contributed by atoms with Gasteiger partial charge in [0.25, 0.3) is 5.91 Å². The van der Waals surface area contributed by atoms with Crippen molar-refractivity contribution in [3.8, 4) is 0 Å². The Kier molecular flexibility index (Phi) is 6.64. The summed E-state index contributed by atoms with van der Waals surface area (Å²) in [5.41, 5.74) is 5.38. The number of carbonyl (C=O) groups is 1. The van der Waals surface area contributed by atoms with Crippen LogP contribution in [0.15, 0.2) is 47.6 Å². The highest BCUT2D eigenvalue weighted by Gasteiger charge is 2.02. The van der Waals surface area contributed by atoms with Gasteiger partial charge in [-0.15, -0.1) is 0 Å². The van der Waals surface area contributed by atoms with E-state index in [2.05, 4.69) is 41.8 Å². The van der Waals surface area contributed by atoms with Crippen LogP contribution in [-0.4, -0.2) is 18.7 Å². The highest BCUT2D eigenvalue weighted by Crippen LogP contribution is 2.24. The van der Waals surface area contributed by atoms with E-state index in [0.29, 0.717) is 21.7 Å². The van der Waals surface area contributed by atoms with Crippen LogP contribution in [0.25, 0.3) is 0 Å². The quantitative estimate of drug-likeness (QED) is 0.578. The van der Waals surface area contributed by atoms with Gasteiger partial charge in [0.15, 0.2) is 0 Å². The molecule has 126 valence electrons. The molecular formula is C18H19Cl2N3O. The molecular weight excluding hydrogens is 345 g/mol. The summed E-state index contributed by atoms with van der Waals surface area (Å²) in [6.45, 7) is 4.37. The van der Waals surface area contributed by atoms with Crippen molar-refractivity contribution >= 4 is 41.0 Å². The molecule has 0 spiro atoms. The van der Waals surface area contributed by atoms with Crippen LogP contribution < -0.4 is 10.7 Å². The molecule has 0 aliphatic carbocycles. The van der Waals surface area contributed by atoms with Gasteiger partial charge in [0.1, 0.15) is 0 Å². The number of hydrazone groups is 1. The van der Waals surface area contributed by atoms with Gasteiger partial charge in [-0.3, -0.25) is 4.79 Å². The first-order chi connectivity index (χ1) is 11.5. The maximum atomic E-state index is 11.8. The van der Waals surface area contributed by atoms with Crippen LogP contribution in [0.1, 0.15) is 30.9 Å². The molecule has 2 aromatic rings. The number of hydrogen-bond acceptors (Lipinski definition) is 3. The van der Waals surface area contributed by atoms with Crippen molar-refractivity contribution in [1.82, 2.24) is 5.43 Å². The summed E-state index contributed by atoms with van der Waals surface area (Å²) in [6, 6.07) is 13.1. The van der Waals surface area contributed by atoms with E-state index in [1.807, 2.05) is 12.1 Å². The Morgan fingerprint density at radius 3 is 2.46 bits per heavy atom. The average molecular weight is 364 g/mol. The average Bonchev–Trinajstić information content (AvgIpc) is 2.56. The smallest absolute Gasteiger partial charge is 0.259 e. The van der Waals surface area contributed by atoms with Gasteiger partial charge in [-0.25, -0.2) is 5.43 Å².